The van der Waals surface area contributed by atoms with E-state index >= 15 is 0 Å². The van der Waals surface area contributed by atoms with Crippen molar-refractivity contribution in [3.05, 3.63) is 30.9 Å². The molecule has 4 aliphatic rings. The Morgan fingerprint density at radius 2 is 1.79 bits per heavy atom. The number of nitrogens with two attached hydrogens (primary N) is 2. The summed E-state index contributed by atoms with van der Waals surface area (Å²) in [7, 11) is 0. The maximum atomic E-state index is 6.47. The molecule has 0 heterocycles. The van der Waals surface area contributed by atoms with E-state index in [1.165, 1.54) is 70.6 Å². The van der Waals surface area contributed by atoms with Crippen molar-refractivity contribution in [2.24, 2.45) is 52.3 Å². The molecule has 0 saturated heterocycles. The van der Waals surface area contributed by atoms with Crippen LogP contribution in [0.15, 0.2) is 30.9 Å². The maximum absolute atomic E-state index is 6.47. The summed E-state index contributed by atoms with van der Waals surface area (Å²) >= 11 is 4.91. The van der Waals surface area contributed by atoms with E-state index in [0.717, 1.165) is 53.4 Å². The van der Waals surface area contributed by atoms with Crippen LogP contribution in [-0.2, 0) is 0 Å². The number of hydrogen-bond donors (Lipinski definition) is 3. The van der Waals surface area contributed by atoms with Gasteiger partial charge in [0.05, 0.1) is 11.8 Å². The predicted molar refractivity (Wildman–Crippen MR) is 165 cm³/mol. The molecule has 0 bridgehead atoms. The summed E-state index contributed by atoms with van der Waals surface area (Å²) in [5.74, 6) is 7.66. The van der Waals surface area contributed by atoms with Gasteiger partial charge in [-0.05, 0) is 147 Å². The molecule has 1 aromatic carbocycles. The molecule has 10 atom stereocenters. The predicted octanol–water partition coefficient (Wildman–Crippen LogP) is 8.80. The highest BCUT2D eigenvalue weighted by molar-refractivity contribution is 7.80. The average Bonchev–Trinajstić information content (AvgIpc) is 3.25. The van der Waals surface area contributed by atoms with Gasteiger partial charge >= 0.3 is 0 Å². The first-order valence-electron chi connectivity index (χ1n) is 15.7. The highest BCUT2D eigenvalue weighted by Gasteiger charge is 2.60. The van der Waals surface area contributed by atoms with Crippen LogP contribution in [0.2, 0.25) is 0 Å². The van der Waals surface area contributed by atoms with Gasteiger partial charge in [0.15, 0.2) is 0 Å². The van der Waals surface area contributed by atoms with Crippen LogP contribution in [0, 0.1) is 52.3 Å². The summed E-state index contributed by atoms with van der Waals surface area (Å²) in [4.78, 5) is 0. The Kier molecular flexibility index (Phi) is 8.40. The van der Waals surface area contributed by atoms with Crippen molar-refractivity contribution in [2.45, 2.75) is 104 Å². The molecular weight excluding hydrogens is 484 g/mol. The fourth-order valence-electron chi connectivity index (χ4n) is 10.2. The summed E-state index contributed by atoms with van der Waals surface area (Å²) in [6, 6.07) is 5.67. The Bertz CT molecular complexity index is 981. The molecule has 0 aliphatic heterocycles. The Morgan fingerprint density at radius 1 is 1.03 bits per heavy atom. The van der Waals surface area contributed by atoms with Crippen molar-refractivity contribution in [1.82, 2.24) is 0 Å². The number of thiol groups is 1. The van der Waals surface area contributed by atoms with E-state index in [0.29, 0.717) is 28.1 Å². The highest BCUT2D eigenvalue weighted by Crippen LogP contribution is 2.68. The van der Waals surface area contributed by atoms with Crippen LogP contribution in [0.1, 0.15) is 97.8 Å². The Hall–Kier alpha value is -1.29. The van der Waals surface area contributed by atoms with E-state index in [9.17, 15) is 0 Å². The molecule has 10 unspecified atom stereocenters. The molecule has 38 heavy (non-hydrogen) atoms. The molecule has 4 heteroatoms. The zero-order valence-corrected chi connectivity index (χ0v) is 25.2. The van der Waals surface area contributed by atoms with Crippen LogP contribution in [0.4, 0.5) is 11.4 Å². The minimum absolute atomic E-state index is 0.278. The van der Waals surface area contributed by atoms with Crippen molar-refractivity contribution < 1.29 is 4.74 Å². The molecule has 0 aromatic heterocycles. The molecular formula is C34H54N2OS. The molecule has 4 aliphatic carbocycles. The zero-order valence-electron chi connectivity index (χ0n) is 24.3. The Morgan fingerprint density at radius 3 is 2.53 bits per heavy atom. The third kappa shape index (κ3) is 5.13. The van der Waals surface area contributed by atoms with Gasteiger partial charge in [0, 0.05) is 5.69 Å². The quantitative estimate of drug-likeness (QED) is 0.167. The fraction of sp³-hybridized carbons (Fsp3) is 0.765. The van der Waals surface area contributed by atoms with E-state index in [1.54, 1.807) is 0 Å². The second-order valence-electron chi connectivity index (χ2n) is 14.3. The minimum Gasteiger partial charge on any atom is -0.488 e. The number of nitrogen functional groups attached to an aromatic ring is 2. The van der Waals surface area contributed by atoms with Gasteiger partial charge in [-0.2, -0.15) is 12.6 Å². The van der Waals surface area contributed by atoms with Crippen LogP contribution in [-0.4, -0.2) is 11.9 Å². The molecule has 4 fully saturated rings. The second kappa shape index (κ2) is 11.3. The first-order valence-corrected chi connectivity index (χ1v) is 16.4. The molecule has 5 rings (SSSR count). The van der Waals surface area contributed by atoms with E-state index in [1.807, 2.05) is 18.2 Å². The summed E-state index contributed by atoms with van der Waals surface area (Å²) in [5.41, 5.74) is 14.5. The molecule has 1 aromatic rings. The topological polar surface area (TPSA) is 61.3 Å². The highest BCUT2D eigenvalue weighted by atomic mass is 32.1. The van der Waals surface area contributed by atoms with E-state index in [2.05, 4.69) is 33.4 Å². The average molecular weight is 539 g/mol. The normalized spacial score (nSPS) is 39.9. The van der Waals surface area contributed by atoms with Crippen molar-refractivity contribution >= 4 is 24.0 Å². The Labute approximate surface area is 238 Å². The SMILES string of the molecule is C=CC(C)CCCC(CS)C1CCC2C3CCC4CC(Oc5ccc(N)cc5N)CCC4(C)C3CCC12C. The van der Waals surface area contributed by atoms with Gasteiger partial charge in [-0.25, -0.2) is 0 Å². The number of benzene rings is 1. The third-order valence-corrected chi connectivity index (χ3v) is 12.9. The number of rotatable bonds is 9. The fourth-order valence-corrected chi connectivity index (χ4v) is 10.7. The van der Waals surface area contributed by atoms with Crippen molar-refractivity contribution in [1.29, 1.82) is 0 Å². The minimum atomic E-state index is 0.278. The summed E-state index contributed by atoms with van der Waals surface area (Å²) in [6.45, 7) is 11.7. The van der Waals surface area contributed by atoms with E-state index < -0.39 is 0 Å². The molecule has 0 amide bonds. The van der Waals surface area contributed by atoms with Crippen LogP contribution in [0.3, 0.4) is 0 Å². The van der Waals surface area contributed by atoms with Crippen LogP contribution in [0.25, 0.3) is 0 Å². The van der Waals surface area contributed by atoms with Crippen LogP contribution in [0.5, 0.6) is 5.75 Å². The molecule has 4 N–H and O–H groups in total. The van der Waals surface area contributed by atoms with Crippen molar-refractivity contribution in [3.63, 3.8) is 0 Å². The molecule has 0 radical (unpaired) electrons. The maximum Gasteiger partial charge on any atom is 0.142 e. The van der Waals surface area contributed by atoms with E-state index in [4.69, 9.17) is 28.8 Å². The zero-order chi connectivity index (χ0) is 27.1. The number of anilines is 2. The summed E-state index contributed by atoms with van der Waals surface area (Å²) in [5, 5.41) is 0. The van der Waals surface area contributed by atoms with Crippen LogP contribution >= 0.6 is 12.6 Å². The molecule has 4 saturated carbocycles. The summed E-state index contributed by atoms with van der Waals surface area (Å²) < 4.78 is 6.47. The molecule has 212 valence electrons. The van der Waals surface area contributed by atoms with E-state index in [-0.39, 0.29) is 6.10 Å². The number of fused-ring (bicyclic) bond motifs is 5. The van der Waals surface area contributed by atoms with Crippen molar-refractivity contribution in [3.8, 4) is 5.75 Å². The van der Waals surface area contributed by atoms with Crippen molar-refractivity contribution in [2.75, 3.05) is 17.2 Å². The number of allylic oxidation sites excluding steroid dienone is 1. The number of hydrogen-bond acceptors (Lipinski definition) is 4. The van der Waals surface area contributed by atoms with Gasteiger partial charge in [0.1, 0.15) is 5.75 Å². The lowest BCUT2D eigenvalue weighted by Gasteiger charge is -2.61. The molecule has 0 spiro atoms. The van der Waals surface area contributed by atoms with Crippen LogP contribution < -0.4 is 16.2 Å². The lowest BCUT2D eigenvalue weighted by Crippen LogP contribution is -2.54. The van der Waals surface area contributed by atoms with Gasteiger partial charge in [0.2, 0.25) is 0 Å². The second-order valence-corrected chi connectivity index (χ2v) is 14.6. The van der Waals surface area contributed by atoms with Gasteiger partial charge in [0.25, 0.3) is 0 Å². The third-order valence-electron chi connectivity index (χ3n) is 12.5. The summed E-state index contributed by atoms with van der Waals surface area (Å²) in [6.07, 6.45) is 18.5. The van der Waals surface area contributed by atoms with Gasteiger partial charge in [-0.1, -0.05) is 33.3 Å². The lowest BCUT2D eigenvalue weighted by molar-refractivity contribution is -0.126. The lowest BCUT2D eigenvalue weighted by atomic mass is 9.44. The first-order chi connectivity index (χ1) is 18.2. The smallest absolute Gasteiger partial charge is 0.142 e. The molecule has 3 nitrogen and oxygen atoms in total. The standard InChI is InChI=1S/C34H54N2OS/c1-5-22(2)7-6-8-23(21-38)28-12-13-29-27-11-9-24-19-26(37-32-14-10-25(35)20-31(32)36)15-17-33(24,3)30(27)16-18-34(28,29)4/h5,10,14,20,22-24,26-30,38H,1,6-9,11-13,15-19,21,35-36H2,2-4H3. The van der Waals surface area contributed by atoms with Gasteiger partial charge in [-0.3, -0.25) is 0 Å². The first kappa shape index (κ1) is 28.2. The van der Waals surface area contributed by atoms with Gasteiger partial charge in [-0.15, -0.1) is 6.58 Å². The Balaban J connectivity index is 1.24. The number of ether oxygens (including phenoxy) is 1. The monoisotopic (exact) mass is 538 g/mol. The van der Waals surface area contributed by atoms with Gasteiger partial charge < -0.3 is 16.2 Å². The largest absolute Gasteiger partial charge is 0.488 e.